The molecule has 0 saturated heterocycles. The molecule has 0 radical (unpaired) electrons. The van der Waals surface area contributed by atoms with Crippen molar-refractivity contribution in [1.82, 2.24) is 4.57 Å². The highest BCUT2D eigenvalue weighted by molar-refractivity contribution is 5.93. The van der Waals surface area contributed by atoms with E-state index >= 15 is 0 Å². The second kappa shape index (κ2) is 7.00. The molecule has 3 rings (SSSR count). The van der Waals surface area contributed by atoms with E-state index in [1.807, 2.05) is 41.1 Å². The molecule has 2 aromatic carbocycles. The second-order valence-electron chi connectivity index (χ2n) is 5.35. The number of nitrogens with one attached hydrogen (secondary N) is 1. The predicted octanol–water partition coefficient (Wildman–Crippen LogP) is 3.46. The van der Waals surface area contributed by atoms with Crippen LogP contribution in [0, 0.1) is 0 Å². The van der Waals surface area contributed by atoms with Crippen molar-refractivity contribution in [3.63, 3.8) is 0 Å². The maximum absolute atomic E-state index is 12.2. The Labute approximate surface area is 139 Å². The van der Waals surface area contributed by atoms with Gasteiger partial charge >= 0.3 is 5.97 Å². The Morgan fingerprint density at radius 1 is 1.04 bits per heavy atom. The molecule has 1 heterocycles. The number of esters is 1. The van der Waals surface area contributed by atoms with Crippen molar-refractivity contribution in [2.75, 3.05) is 11.9 Å². The molecule has 0 spiro atoms. The molecule has 0 aliphatic rings. The molecule has 0 unspecified atom stereocenters. The van der Waals surface area contributed by atoms with E-state index in [2.05, 4.69) is 5.32 Å². The molecule has 0 saturated carbocycles. The number of carbonyl (C=O) groups is 2. The number of rotatable bonds is 5. The number of ether oxygens (including phenoxy) is 1. The Morgan fingerprint density at radius 2 is 1.79 bits per heavy atom. The molecule has 1 amide bonds. The fourth-order valence-corrected chi connectivity index (χ4v) is 2.54. The summed E-state index contributed by atoms with van der Waals surface area (Å²) in [4.78, 5) is 23.8. The van der Waals surface area contributed by atoms with Gasteiger partial charge in [0.2, 0.25) is 5.91 Å². The van der Waals surface area contributed by atoms with Gasteiger partial charge in [0.15, 0.2) is 0 Å². The molecule has 1 aromatic heterocycles. The van der Waals surface area contributed by atoms with Gasteiger partial charge in [-0.1, -0.05) is 18.2 Å². The molecule has 1 N–H and O–H groups in total. The number of benzene rings is 2. The van der Waals surface area contributed by atoms with Crippen LogP contribution in [-0.2, 0) is 16.1 Å². The molecule has 0 fully saturated rings. The summed E-state index contributed by atoms with van der Waals surface area (Å²) in [6, 6.07) is 16.6. The fraction of sp³-hybridized carbons (Fsp3) is 0.158. The molecule has 5 nitrogen and oxygen atoms in total. The third-order valence-electron chi connectivity index (χ3n) is 3.67. The monoisotopic (exact) mass is 322 g/mol. The van der Waals surface area contributed by atoms with Crippen molar-refractivity contribution in [3.8, 4) is 0 Å². The first-order valence-corrected chi connectivity index (χ1v) is 7.78. The van der Waals surface area contributed by atoms with Crippen molar-refractivity contribution in [2.24, 2.45) is 0 Å². The van der Waals surface area contributed by atoms with Crippen LogP contribution in [0.2, 0.25) is 0 Å². The van der Waals surface area contributed by atoms with E-state index in [1.165, 1.54) is 0 Å². The molecule has 5 heteroatoms. The summed E-state index contributed by atoms with van der Waals surface area (Å²) in [7, 11) is 0. The summed E-state index contributed by atoms with van der Waals surface area (Å²) in [6.45, 7) is 2.33. The number of hydrogen-bond donors (Lipinski definition) is 1. The lowest BCUT2D eigenvalue weighted by Gasteiger charge is -2.08. The highest BCUT2D eigenvalue weighted by Gasteiger charge is 2.08. The number of hydrogen-bond acceptors (Lipinski definition) is 3. The van der Waals surface area contributed by atoms with Crippen LogP contribution in [-0.4, -0.2) is 23.1 Å². The van der Waals surface area contributed by atoms with E-state index < -0.39 is 0 Å². The van der Waals surface area contributed by atoms with Gasteiger partial charge in [-0.15, -0.1) is 0 Å². The first-order chi connectivity index (χ1) is 11.7. The molecule has 0 atom stereocenters. The Bertz CT molecular complexity index is 866. The van der Waals surface area contributed by atoms with Gasteiger partial charge in [0.05, 0.1) is 12.2 Å². The number of anilines is 1. The largest absolute Gasteiger partial charge is 0.462 e. The van der Waals surface area contributed by atoms with Crippen LogP contribution < -0.4 is 5.32 Å². The Morgan fingerprint density at radius 3 is 2.54 bits per heavy atom. The minimum atomic E-state index is -0.366. The Hall–Kier alpha value is -3.08. The lowest BCUT2D eigenvalue weighted by Crippen LogP contribution is -2.18. The molecule has 24 heavy (non-hydrogen) atoms. The van der Waals surface area contributed by atoms with E-state index in [9.17, 15) is 9.59 Å². The molecular formula is C19H18N2O3. The number of fused-ring (bicyclic) bond motifs is 1. The van der Waals surface area contributed by atoms with Crippen LogP contribution in [0.3, 0.4) is 0 Å². The minimum Gasteiger partial charge on any atom is -0.462 e. The fourth-order valence-electron chi connectivity index (χ4n) is 2.54. The predicted molar refractivity (Wildman–Crippen MR) is 93.0 cm³/mol. The van der Waals surface area contributed by atoms with Gasteiger partial charge < -0.3 is 14.6 Å². The van der Waals surface area contributed by atoms with Crippen molar-refractivity contribution in [2.45, 2.75) is 13.5 Å². The van der Waals surface area contributed by atoms with Crippen molar-refractivity contribution in [1.29, 1.82) is 0 Å². The molecule has 0 aliphatic heterocycles. The smallest absolute Gasteiger partial charge is 0.338 e. The zero-order chi connectivity index (χ0) is 16.9. The summed E-state index contributed by atoms with van der Waals surface area (Å²) in [5.41, 5.74) is 2.13. The zero-order valence-corrected chi connectivity index (χ0v) is 13.4. The highest BCUT2D eigenvalue weighted by Crippen LogP contribution is 2.15. The quantitative estimate of drug-likeness (QED) is 0.732. The molecule has 0 aliphatic carbocycles. The van der Waals surface area contributed by atoms with Crippen LogP contribution in [0.25, 0.3) is 10.9 Å². The van der Waals surface area contributed by atoms with Gasteiger partial charge in [-0.3, -0.25) is 4.79 Å². The Kier molecular flexibility index (Phi) is 4.61. The molecule has 0 bridgehead atoms. The van der Waals surface area contributed by atoms with Crippen LogP contribution >= 0.6 is 0 Å². The summed E-state index contributed by atoms with van der Waals surface area (Å²) in [5.74, 6) is -0.491. The lowest BCUT2D eigenvalue weighted by molar-refractivity contribution is -0.116. The SMILES string of the molecule is CCOC(=O)c1ccc(NC(=O)Cn2ccc3ccccc32)cc1. The Balaban J connectivity index is 1.65. The van der Waals surface area contributed by atoms with Crippen LogP contribution in [0.15, 0.2) is 60.8 Å². The molecule has 122 valence electrons. The average molecular weight is 322 g/mol. The van der Waals surface area contributed by atoms with Gasteiger partial charge in [-0.25, -0.2) is 4.79 Å². The number of aromatic nitrogens is 1. The summed E-state index contributed by atoms with van der Waals surface area (Å²) < 4.78 is 6.83. The van der Waals surface area contributed by atoms with E-state index in [1.54, 1.807) is 31.2 Å². The van der Waals surface area contributed by atoms with Gasteiger partial charge in [-0.05, 0) is 48.7 Å². The second-order valence-corrected chi connectivity index (χ2v) is 5.35. The van der Waals surface area contributed by atoms with Gasteiger partial charge in [-0.2, -0.15) is 0 Å². The van der Waals surface area contributed by atoms with Crippen LogP contribution in [0.4, 0.5) is 5.69 Å². The maximum Gasteiger partial charge on any atom is 0.338 e. The zero-order valence-electron chi connectivity index (χ0n) is 13.4. The van der Waals surface area contributed by atoms with E-state index in [0.717, 1.165) is 10.9 Å². The third kappa shape index (κ3) is 3.46. The topological polar surface area (TPSA) is 60.3 Å². The number of amides is 1. The molecule has 3 aromatic rings. The summed E-state index contributed by atoms with van der Waals surface area (Å²) in [5, 5.41) is 3.93. The van der Waals surface area contributed by atoms with Gasteiger partial charge in [0.1, 0.15) is 6.54 Å². The van der Waals surface area contributed by atoms with Crippen LogP contribution in [0.5, 0.6) is 0 Å². The first-order valence-electron chi connectivity index (χ1n) is 7.78. The van der Waals surface area contributed by atoms with E-state index in [0.29, 0.717) is 17.9 Å². The number of nitrogens with zero attached hydrogens (tertiary/aromatic N) is 1. The van der Waals surface area contributed by atoms with E-state index in [4.69, 9.17) is 4.74 Å². The normalized spacial score (nSPS) is 10.5. The number of para-hydroxylation sites is 1. The van der Waals surface area contributed by atoms with Crippen molar-refractivity contribution >= 4 is 28.5 Å². The average Bonchev–Trinajstić information content (AvgIpc) is 2.99. The first kappa shape index (κ1) is 15.8. The van der Waals surface area contributed by atoms with E-state index in [-0.39, 0.29) is 18.4 Å². The van der Waals surface area contributed by atoms with Crippen molar-refractivity contribution in [3.05, 3.63) is 66.4 Å². The van der Waals surface area contributed by atoms with Gasteiger partial charge in [0.25, 0.3) is 0 Å². The van der Waals surface area contributed by atoms with Crippen LogP contribution in [0.1, 0.15) is 17.3 Å². The third-order valence-corrected chi connectivity index (χ3v) is 3.67. The summed E-state index contributed by atoms with van der Waals surface area (Å²) in [6.07, 6.45) is 1.90. The minimum absolute atomic E-state index is 0.125. The molecular weight excluding hydrogens is 304 g/mol. The van der Waals surface area contributed by atoms with Gasteiger partial charge in [0, 0.05) is 17.4 Å². The standard InChI is InChI=1S/C19H18N2O3/c1-2-24-19(23)15-7-9-16(10-8-15)20-18(22)13-21-12-11-14-5-3-4-6-17(14)21/h3-12H,2,13H2,1H3,(H,20,22). The maximum atomic E-state index is 12.2. The lowest BCUT2D eigenvalue weighted by atomic mass is 10.2. The summed E-state index contributed by atoms with van der Waals surface area (Å²) >= 11 is 0. The highest BCUT2D eigenvalue weighted by atomic mass is 16.5. The number of carbonyl (C=O) groups excluding carboxylic acids is 2. The van der Waals surface area contributed by atoms with Crippen molar-refractivity contribution < 1.29 is 14.3 Å².